The van der Waals surface area contributed by atoms with E-state index in [1.165, 1.54) is 0 Å². The Hall–Kier alpha value is -1.84. The Bertz CT molecular complexity index is 512. The molecular weight excluding hydrogens is 254 g/mol. The molecule has 0 saturated heterocycles. The van der Waals surface area contributed by atoms with Gasteiger partial charge in [-0.3, -0.25) is 9.59 Å². The minimum absolute atomic E-state index is 0.168. The molecule has 0 aromatic heterocycles. The topological polar surface area (TPSA) is 66.4 Å². The van der Waals surface area contributed by atoms with Crippen molar-refractivity contribution in [3.63, 3.8) is 0 Å². The number of carboxylic acids is 1. The van der Waals surface area contributed by atoms with E-state index in [1.54, 1.807) is 0 Å². The highest BCUT2D eigenvalue weighted by Crippen LogP contribution is 2.39. The van der Waals surface area contributed by atoms with E-state index in [2.05, 4.69) is 5.32 Å². The summed E-state index contributed by atoms with van der Waals surface area (Å²) in [6.45, 7) is 4.00. The lowest BCUT2D eigenvalue weighted by Gasteiger charge is -2.15. The Morgan fingerprint density at radius 3 is 2.60 bits per heavy atom. The summed E-state index contributed by atoms with van der Waals surface area (Å²) in [6.07, 6.45) is 2.21. The molecular formula is C16H21NO3. The van der Waals surface area contributed by atoms with E-state index in [0.29, 0.717) is 18.8 Å². The quantitative estimate of drug-likeness (QED) is 0.887. The average molecular weight is 275 g/mol. The van der Waals surface area contributed by atoms with Crippen LogP contribution in [0.2, 0.25) is 0 Å². The highest BCUT2D eigenvalue weighted by Gasteiger charge is 2.42. The highest BCUT2D eigenvalue weighted by molar-refractivity contribution is 5.95. The lowest BCUT2D eigenvalue weighted by atomic mass is 9.95. The van der Waals surface area contributed by atoms with E-state index in [1.807, 2.05) is 38.1 Å². The molecule has 0 heterocycles. The molecule has 0 spiro atoms. The Balaban J connectivity index is 2.09. The maximum atomic E-state index is 12.3. The van der Waals surface area contributed by atoms with E-state index < -0.39 is 17.8 Å². The van der Waals surface area contributed by atoms with Crippen LogP contribution in [0.15, 0.2) is 24.3 Å². The number of carbonyl (C=O) groups is 2. The number of rotatable bonds is 4. The van der Waals surface area contributed by atoms with E-state index in [0.717, 1.165) is 17.7 Å². The molecule has 1 unspecified atom stereocenters. The molecule has 0 aliphatic heterocycles. The van der Waals surface area contributed by atoms with E-state index in [-0.39, 0.29) is 5.91 Å². The predicted molar refractivity (Wildman–Crippen MR) is 77.4 cm³/mol. The molecule has 108 valence electrons. The van der Waals surface area contributed by atoms with Crippen LogP contribution < -0.4 is 5.32 Å². The number of carboxylic acid groups (broad SMARTS) is 1. The van der Waals surface area contributed by atoms with Crippen LogP contribution in [0.3, 0.4) is 0 Å². The first-order chi connectivity index (χ1) is 9.51. The molecule has 20 heavy (non-hydrogen) atoms. The Morgan fingerprint density at radius 1 is 1.30 bits per heavy atom. The van der Waals surface area contributed by atoms with Gasteiger partial charge in [0.15, 0.2) is 0 Å². The summed E-state index contributed by atoms with van der Waals surface area (Å²) in [6, 6.07) is 7.55. The molecule has 2 N–H and O–H groups in total. The summed E-state index contributed by atoms with van der Waals surface area (Å²) in [5.74, 6) is -1.66. The lowest BCUT2D eigenvalue weighted by molar-refractivity contribution is -0.145. The van der Waals surface area contributed by atoms with Crippen LogP contribution in [0.25, 0.3) is 0 Å². The minimum atomic E-state index is -0.856. The first-order valence-electron chi connectivity index (χ1n) is 7.11. The SMILES string of the molecule is CCC1C[C@H](C(=O)Nc2cccc(C)c2)[C@H](C(=O)O)C1. The molecule has 1 saturated carbocycles. The standard InChI is InChI=1S/C16H21NO3/c1-3-11-8-13(14(9-11)16(19)20)15(18)17-12-6-4-5-10(2)7-12/h4-7,11,13-14H,3,8-9H2,1-2H3,(H,17,18)(H,19,20)/t11?,13-,14+/m0/s1. The number of hydrogen-bond acceptors (Lipinski definition) is 2. The van der Waals surface area contributed by atoms with Crippen molar-refractivity contribution in [2.24, 2.45) is 17.8 Å². The van der Waals surface area contributed by atoms with Crippen LogP contribution >= 0.6 is 0 Å². The van der Waals surface area contributed by atoms with E-state index in [4.69, 9.17) is 0 Å². The smallest absolute Gasteiger partial charge is 0.307 e. The third-order valence-corrected chi connectivity index (χ3v) is 4.18. The van der Waals surface area contributed by atoms with Crippen LogP contribution in [0, 0.1) is 24.7 Å². The first-order valence-corrected chi connectivity index (χ1v) is 7.11. The molecule has 1 fully saturated rings. The van der Waals surface area contributed by atoms with E-state index in [9.17, 15) is 14.7 Å². The van der Waals surface area contributed by atoms with Gasteiger partial charge in [-0.05, 0) is 43.4 Å². The number of aliphatic carboxylic acids is 1. The van der Waals surface area contributed by atoms with Gasteiger partial charge in [-0.2, -0.15) is 0 Å². The number of anilines is 1. The predicted octanol–water partition coefficient (Wildman–Crippen LogP) is 3.07. The van der Waals surface area contributed by atoms with Crippen molar-refractivity contribution in [3.05, 3.63) is 29.8 Å². The first kappa shape index (κ1) is 14.6. The lowest BCUT2D eigenvalue weighted by Crippen LogP contribution is -2.30. The zero-order chi connectivity index (χ0) is 14.7. The normalized spacial score (nSPS) is 25.4. The minimum Gasteiger partial charge on any atom is -0.481 e. The van der Waals surface area contributed by atoms with Crippen LogP contribution in [0.4, 0.5) is 5.69 Å². The van der Waals surface area contributed by atoms with Crippen molar-refractivity contribution in [3.8, 4) is 0 Å². The molecule has 0 radical (unpaired) electrons. The largest absolute Gasteiger partial charge is 0.481 e. The van der Waals surface area contributed by atoms with Gasteiger partial charge in [0.25, 0.3) is 0 Å². The summed E-state index contributed by atoms with van der Waals surface area (Å²) in [5.41, 5.74) is 1.80. The Kier molecular flexibility index (Phi) is 4.42. The summed E-state index contributed by atoms with van der Waals surface area (Å²) in [5, 5.41) is 12.1. The molecule has 0 bridgehead atoms. The van der Waals surface area contributed by atoms with Crippen molar-refractivity contribution >= 4 is 17.6 Å². The fraction of sp³-hybridized carbons (Fsp3) is 0.500. The number of aryl methyl sites for hydroxylation is 1. The van der Waals surface area contributed by atoms with Crippen molar-refractivity contribution in [2.45, 2.75) is 33.1 Å². The number of benzene rings is 1. The second kappa shape index (κ2) is 6.07. The summed E-state index contributed by atoms with van der Waals surface area (Å²) >= 11 is 0. The van der Waals surface area contributed by atoms with Crippen LogP contribution in [0.5, 0.6) is 0 Å². The summed E-state index contributed by atoms with van der Waals surface area (Å²) in [4.78, 5) is 23.6. The second-order valence-electron chi connectivity index (χ2n) is 5.66. The number of nitrogens with one attached hydrogen (secondary N) is 1. The molecule has 1 aliphatic carbocycles. The molecule has 1 aromatic rings. The van der Waals surface area contributed by atoms with Gasteiger partial charge in [-0.15, -0.1) is 0 Å². The maximum Gasteiger partial charge on any atom is 0.307 e. The number of hydrogen-bond donors (Lipinski definition) is 2. The molecule has 4 heteroatoms. The van der Waals surface area contributed by atoms with Gasteiger partial charge in [0.1, 0.15) is 0 Å². The van der Waals surface area contributed by atoms with Gasteiger partial charge >= 0.3 is 5.97 Å². The van der Waals surface area contributed by atoms with Gasteiger partial charge in [0.2, 0.25) is 5.91 Å². The van der Waals surface area contributed by atoms with Gasteiger partial charge in [-0.1, -0.05) is 25.5 Å². The summed E-state index contributed by atoms with van der Waals surface area (Å²) < 4.78 is 0. The average Bonchev–Trinajstić information content (AvgIpc) is 2.83. The zero-order valence-corrected chi connectivity index (χ0v) is 11.9. The fourth-order valence-electron chi connectivity index (χ4n) is 3.00. The van der Waals surface area contributed by atoms with Gasteiger partial charge in [0, 0.05) is 5.69 Å². The molecule has 1 aromatic carbocycles. The monoisotopic (exact) mass is 275 g/mol. The highest BCUT2D eigenvalue weighted by atomic mass is 16.4. The zero-order valence-electron chi connectivity index (χ0n) is 11.9. The van der Waals surface area contributed by atoms with Crippen molar-refractivity contribution < 1.29 is 14.7 Å². The van der Waals surface area contributed by atoms with Crippen molar-refractivity contribution in [1.82, 2.24) is 0 Å². The van der Waals surface area contributed by atoms with E-state index >= 15 is 0 Å². The Morgan fingerprint density at radius 2 is 2.00 bits per heavy atom. The number of amides is 1. The van der Waals surface area contributed by atoms with Gasteiger partial charge < -0.3 is 10.4 Å². The summed E-state index contributed by atoms with van der Waals surface area (Å²) in [7, 11) is 0. The van der Waals surface area contributed by atoms with Crippen LogP contribution in [-0.4, -0.2) is 17.0 Å². The molecule has 1 aliphatic rings. The molecule has 2 rings (SSSR count). The second-order valence-corrected chi connectivity index (χ2v) is 5.66. The third-order valence-electron chi connectivity index (χ3n) is 4.18. The van der Waals surface area contributed by atoms with Crippen molar-refractivity contribution in [1.29, 1.82) is 0 Å². The van der Waals surface area contributed by atoms with Crippen molar-refractivity contribution in [2.75, 3.05) is 5.32 Å². The fourth-order valence-corrected chi connectivity index (χ4v) is 3.00. The maximum absolute atomic E-state index is 12.3. The molecule has 4 nitrogen and oxygen atoms in total. The third kappa shape index (κ3) is 3.18. The van der Waals surface area contributed by atoms with Gasteiger partial charge in [0.05, 0.1) is 11.8 Å². The Labute approximate surface area is 119 Å². The van der Waals surface area contributed by atoms with Crippen LogP contribution in [0.1, 0.15) is 31.7 Å². The van der Waals surface area contributed by atoms with Crippen LogP contribution in [-0.2, 0) is 9.59 Å². The van der Waals surface area contributed by atoms with Gasteiger partial charge in [-0.25, -0.2) is 0 Å². The molecule has 1 amide bonds. The molecule has 3 atom stereocenters. The number of carbonyl (C=O) groups excluding carboxylic acids is 1.